The van der Waals surface area contributed by atoms with E-state index >= 15 is 0 Å². The molecule has 3 aromatic rings. The van der Waals surface area contributed by atoms with Crippen LogP contribution < -0.4 is 19.1 Å². The number of carbonyl (C=O) groups excluding carboxylic acids is 1. The van der Waals surface area contributed by atoms with E-state index in [9.17, 15) is 4.79 Å². The van der Waals surface area contributed by atoms with Crippen molar-refractivity contribution in [1.29, 1.82) is 0 Å². The van der Waals surface area contributed by atoms with E-state index in [0.29, 0.717) is 13.2 Å². The highest BCUT2D eigenvalue weighted by atomic mass is 16.5. The van der Waals surface area contributed by atoms with E-state index in [1.807, 2.05) is 89.6 Å². The minimum Gasteiger partial charge on any atom is -0.497 e. The first kappa shape index (κ1) is 21.7. The number of fused-ring (bicyclic) bond motifs is 1. The fraction of sp³-hybridized carbons (Fsp3) is 0.269. The first-order valence-corrected chi connectivity index (χ1v) is 10.6. The van der Waals surface area contributed by atoms with Gasteiger partial charge in [-0.3, -0.25) is 14.6 Å². The van der Waals surface area contributed by atoms with Crippen molar-refractivity contribution in [3.8, 4) is 17.2 Å². The summed E-state index contributed by atoms with van der Waals surface area (Å²) in [6, 6.07) is 23.3. The smallest absolute Gasteiger partial charge is 0.241 e. The van der Waals surface area contributed by atoms with Gasteiger partial charge in [0.25, 0.3) is 0 Å². The fourth-order valence-electron chi connectivity index (χ4n) is 4.05. The summed E-state index contributed by atoms with van der Waals surface area (Å²) in [5, 5.41) is 0. The molecule has 6 heteroatoms. The van der Waals surface area contributed by atoms with Crippen molar-refractivity contribution in [3.63, 3.8) is 0 Å². The summed E-state index contributed by atoms with van der Waals surface area (Å²) in [6.07, 6.45) is 0. The number of amides is 1. The summed E-state index contributed by atoms with van der Waals surface area (Å²) in [7, 11) is 5.20. The Morgan fingerprint density at radius 1 is 1.03 bits per heavy atom. The van der Waals surface area contributed by atoms with E-state index in [1.165, 1.54) is 0 Å². The monoisotopic (exact) mass is 432 g/mol. The third-order valence-electron chi connectivity index (χ3n) is 5.63. The molecule has 32 heavy (non-hydrogen) atoms. The summed E-state index contributed by atoms with van der Waals surface area (Å²) in [6.45, 7) is 1.25. The molecule has 0 aliphatic carbocycles. The fourth-order valence-corrected chi connectivity index (χ4v) is 4.05. The summed E-state index contributed by atoms with van der Waals surface area (Å²) in [5.74, 6) is 2.22. The third kappa shape index (κ3) is 4.55. The molecular formula is C26H28N2O4. The lowest BCUT2D eigenvalue weighted by Crippen LogP contribution is -2.45. The van der Waals surface area contributed by atoms with Crippen molar-refractivity contribution < 1.29 is 19.0 Å². The van der Waals surface area contributed by atoms with Crippen LogP contribution in [-0.4, -0.2) is 45.2 Å². The van der Waals surface area contributed by atoms with Gasteiger partial charge in [-0.05, 0) is 30.8 Å². The molecule has 1 unspecified atom stereocenters. The average Bonchev–Trinajstić information content (AvgIpc) is 2.83. The van der Waals surface area contributed by atoms with Gasteiger partial charge in [-0.2, -0.15) is 0 Å². The van der Waals surface area contributed by atoms with Gasteiger partial charge in [-0.1, -0.05) is 48.5 Å². The Balaban J connectivity index is 1.56. The van der Waals surface area contributed by atoms with Gasteiger partial charge in [0.1, 0.15) is 23.9 Å². The minimum atomic E-state index is -0.178. The normalized spacial score (nSPS) is 15.1. The Labute approximate surface area is 188 Å². The van der Waals surface area contributed by atoms with Crippen LogP contribution in [0.25, 0.3) is 0 Å². The molecule has 4 rings (SSSR count). The number of ether oxygens (including phenoxy) is 3. The van der Waals surface area contributed by atoms with Crippen molar-refractivity contribution in [3.05, 3.63) is 83.9 Å². The van der Waals surface area contributed by atoms with E-state index < -0.39 is 0 Å². The van der Waals surface area contributed by atoms with Crippen LogP contribution in [0, 0.1) is 0 Å². The Morgan fingerprint density at radius 2 is 1.78 bits per heavy atom. The van der Waals surface area contributed by atoms with Gasteiger partial charge in [0.05, 0.1) is 32.5 Å². The van der Waals surface area contributed by atoms with Crippen LogP contribution in [0.4, 0.5) is 5.69 Å². The number of carbonyl (C=O) groups is 1. The molecule has 1 aliphatic heterocycles. The molecule has 0 saturated carbocycles. The van der Waals surface area contributed by atoms with Gasteiger partial charge in [0, 0.05) is 18.2 Å². The number of rotatable bonds is 7. The maximum Gasteiger partial charge on any atom is 0.241 e. The van der Waals surface area contributed by atoms with Crippen LogP contribution in [0.1, 0.15) is 17.2 Å². The molecule has 3 aromatic carbocycles. The third-order valence-corrected chi connectivity index (χ3v) is 5.63. The molecule has 166 valence electrons. The highest BCUT2D eigenvalue weighted by Gasteiger charge is 2.33. The van der Waals surface area contributed by atoms with Gasteiger partial charge in [0.15, 0.2) is 0 Å². The first-order chi connectivity index (χ1) is 15.6. The Hall–Kier alpha value is -3.51. The lowest BCUT2D eigenvalue weighted by atomic mass is 10.0. The number of para-hydroxylation sites is 2. The van der Waals surface area contributed by atoms with Crippen molar-refractivity contribution in [2.75, 3.05) is 39.3 Å². The highest BCUT2D eigenvalue weighted by molar-refractivity contribution is 5.97. The maximum absolute atomic E-state index is 13.6. The van der Waals surface area contributed by atoms with Crippen LogP contribution in [0.3, 0.4) is 0 Å². The molecule has 0 saturated heterocycles. The molecule has 6 nitrogen and oxygen atoms in total. The zero-order valence-electron chi connectivity index (χ0n) is 18.7. The van der Waals surface area contributed by atoms with E-state index in [2.05, 4.69) is 0 Å². The predicted octanol–water partition coefficient (Wildman–Crippen LogP) is 4.30. The van der Waals surface area contributed by atoms with Crippen LogP contribution in [-0.2, 0) is 11.3 Å². The highest BCUT2D eigenvalue weighted by Crippen LogP contribution is 2.39. The van der Waals surface area contributed by atoms with Crippen LogP contribution in [0.5, 0.6) is 17.2 Å². The topological polar surface area (TPSA) is 51.2 Å². The summed E-state index contributed by atoms with van der Waals surface area (Å²) in [5.41, 5.74) is 2.84. The van der Waals surface area contributed by atoms with E-state index in [-0.39, 0.29) is 18.5 Å². The Bertz CT molecular complexity index is 1070. The lowest BCUT2D eigenvalue weighted by molar-refractivity contribution is -0.120. The number of benzene rings is 3. The van der Waals surface area contributed by atoms with Crippen molar-refractivity contribution in [1.82, 2.24) is 4.90 Å². The number of hydrogen-bond donors (Lipinski definition) is 0. The second kappa shape index (κ2) is 9.75. The summed E-state index contributed by atoms with van der Waals surface area (Å²) in [4.78, 5) is 17.4. The van der Waals surface area contributed by atoms with E-state index in [0.717, 1.165) is 34.1 Å². The summed E-state index contributed by atoms with van der Waals surface area (Å²) >= 11 is 0. The maximum atomic E-state index is 13.6. The molecule has 0 spiro atoms. The van der Waals surface area contributed by atoms with Crippen molar-refractivity contribution in [2.45, 2.75) is 12.6 Å². The molecule has 1 aliphatic rings. The van der Waals surface area contributed by atoms with Crippen LogP contribution in [0.2, 0.25) is 0 Å². The van der Waals surface area contributed by atoms with Gasteiger partial charge >= 0.3 is 0 Å². The second-order valence-electron chi connectivity index (χ2n) is 7.82. The zero-order valence-corrected chi connectivity index (χ0v) is 18.7. The number of hydrogen-bond acceptors (Lipinski definition) is 5. The minimum absolute atomic E-state index is 0.0181. The molecule has 0 aromatic heterocycles. The number of nitrogens with zero attached hydrogens (tertiary/aromatic N) is 2. The standard InChI is InChI=1S/C26H28N2O4/c1-27(16-20-13-14-21(30-2)15-25(20)31-3)17-26(29)28-22-11-7-8-12-24(22)32-18-23(28)19-9-5-4-6-10-19/h4-15,23H,16-18H2,1-3H3. The largest absolute Gasteiger partial charge is 0.497 e. The average molecular weight is 433 g/mol. The van der Waals surface area contributed by atoms with Crippen LogP contribution in [0.15, 0.2) is 72.8 Å². The predicted molar refractivity (Wildman–Crippen MR) is 124 cm³/mol. The van der Waals surface area contributed by atoms with E-state index in [1.54, 1.807) is 14.2 Å². The molecule has 0 bridgehead atoms. The molecular weight excluding hydrogens is 404 g/mol. The van der Waals surface area contributed by atoms with Gasteiger partial charge in [0.2, 0.25) is 5.91 Å². The Kier molecular flexibility index (Phi) is 6.61. The Morgan fingerprint density at radius 3 is 2.53 bits per heavy atom. The van der Waals surface area contributed by atoms with Gasteiger partial charge in [-0.25, -0.2) is 0 Å². The number of anilines is 1. The van der Waals surface area contributed by atoms with Gasteiger partial charge < -0.3 is 14.2 Å². The molecule has 0 radical (unpaired) electrons. The molecule has 1 heterocycles. The number of methoxy groups -OCH3 is 2. The van der Waals surface area contributed by atoms with Crippen LogP contribution >= 0.6 is 0 Å². The van der Waals surface area contributed by atoms with E-state index in [4.69, 9.17) is 14.2 Å². The molecule has 1 atom stereocenters. The quantitative estimate of drug-likeness (QED) is 0.557. The summed E-state index contributed by atoms with van der Waals surface area (Å²) < 4.78 is 16.8. The SMILES string of the molecule is COc1ccc(CN(C)CC(=O)N2c3ccccc3OCC2c2ccccc2)c(OC)c1. The second-order valence-corrected chi connectivity index (χ2v) is 7.82. The first-order valence-electron chi connectivity index (χ1n) is 10.6. The lowest BCUT2D eigenvalue weighted by Gasteiger charge is -2.38. The molecule has 0 fully saturated rings. The molecule has 0 N–H and O–H groups in total. The van der Waals surface area contributed by atoms with Crippen molar-refractivity contribution >= 4 is 11.6 Å². The van der Waals surface area contributed by atoms with Crippen molar-refractivity contribution in [2.24, 2.45) is 0 Å². The van der Waals surface area contributed by atoms with Gasteiger partial charge in [-0.15, -0.1) is 0 Å². The number of likely N-dealkylation sites (N-methyl/N-ethyl adjacent to an activating group) is 1. The molecule has 1 amide bonds. The zero-order chi connectivity index (χ0) is 22.5.